The average molecular weight is 419 g/mol. The van der Waals surface area contributed by atoms with E-state index < -0.39 is 41.8 Å². The first-order valence-corrected chi connectivity index (χ1v) is 10.5. The zero-order chi connectivity index (χ0) is 21.1. The van der Waals surface area contributed by atoms with Crippen LogP contribution in [0.25, 0.3) is 0 Å². The zero-order valence-corrected chi connectivity index (χ0v) is 17.1. The van der Waals surface area contributed by atoms with Gasteiger partial charge in [-0.25, -0.2) is 9.86 Å². The van der Waals surface area contributed by atoms with Crippen LogP contribution in [0.4, 0.5) is 0 Å². The molecule has 0 saturated heterocycles. The molecule has 0 bridgehead atoms. The Morgan fingerprint density at radius 2 is 2.11 bits per heavy atom. The largest absolute Gasteiger partial charge is 0.489 e. The van der Waals surface area contributed by atoms with Gasteiger partial charge in [0.15, 0.2) is 6.10 Å². The molecule has 0 aromatic carbocycles. The van der Waals surface area contributed by atoms with E-state index in [1.807, 2.05) is 0 Å². The number of carbonyl (C=O) groups excluding carboxylic acids is 1. The molecule has 4 N–H and O–H groups in total. The van der Waals surface area contributed by atoms with Gasteiger partial charge in [-0.3, -0.25) is 9.63 Å². The number of hydroxylamine groups is 2. The van der Waals surface area contributed by atoms with E-state index >= 15 is 0 Å². The van der Waals surface area contributed by atoms with Gasteiger partial charge in [0.25, 0.3) is 5.91 Å². The van der Waals surface area contributed by atoms with Crippen molar-refractivity contribution < 1.29 is 39.6 Å². The maximum Gasteiger partial charge on any atom is 0.333 e. The SMILES string of the molecule is CCCCC[C@@H]1OC2=C(C(=O)N(OC)C2CSC[C@@H](O)C(=O)O)[C@H](O)[C@@]1(C)O. The number of thioether (sulfide) groups is 1. The van der Waals surface area contributed by atoms with E-state index in [0.29, 0.717) is 6.42 Å². The lowest BCUT2D eigenvalue weighted by molar-refractivity contribution is -0.176. The minimum absolute atomic E-state index is 0.0389. The number of carbonyl (C=O) groups is 2. The molecule has 160 valence electrons. The number of nitrogens with zero attached hydrogens (tertiary/aromatic N) is 1. The van der Waals surface area contributed by atoms with Gasteiger partial charge < -0.3 is 25.2 Å². The van der Waals surface area contributed by atoms with Crippen molar-refractivity contribution in [3.8, 4) is 0 Å². The number of hydrogen-bond donors (Lipinski definition) is 4. The van der Waals surface area contributed by atoms with Gasteiger partial charge in [-0.1, -0.05) is 19.8 Å². The van der Waals surface area contributed by atoms with Crippen LogP contribution in [0.5, 0.6) is 0 Å². The van der Waals surface area contributed by atoms with Gasteiger partial charge in [-0.15, -0.1) is 0 Å². The highest BCUT2D eigenvalue weighted by atomic mass is 32.2. The lowest BCUT2D eigenvalue weighted by Gasteiger charge is -2.41. The Labute approximate surface area is 168 Å². The molecular formula is C18H29NO8S. The predicted octanol–water partition coefficient (Wildman–Crippen LogP) is 0.282. The minimum atomic E-state index is -1.62. The lowest BCUT2D eigenvalue weighted by atomic mass is 9.82. The van der Waals surface area contributed by atoms with Crippen LogP contribution in [0.1, 0.15) is 39.5 Å². The minimum Gasteiger partial charge on any atom is -0.489 e. The number of aliphatic carboxylic acids is 1. The quantitative estimate of drug-likeness (QED) is 0.368. The summed E-state index contributed by atoms with van der Waals surface area (Å²) in [6, 6.07) is -0.682. The van der Waals surface area contributed by atoms with Gasteiger partial charge in [0.2, 0.25) is 0 Å². The summed E-state index contributed by atoms with van der Waals surface area (Å²) in [6.45, 7) is 3.51. The first-order chi connectivity index (χ1) is 13.2. The molecule has 10 heteroatoms. The van der Waals surface area contributed by atoms with E-state index in [0.717, 1.165) is 36.1 Å². The second-order valence-corrected chi connectivity index (χ2v) is 8.30. The van der Waals surface area contributed by atoms with Crippen LogP contribution in [0.3, 0.4) is 0 Å². The second kappa shape index (κ2) is 9.45. The van der Waals surface area contributed by atoms with Gasteiger partial charge in [0.05, 0.1) is 12.7 Å². The van der Waals surface area contributed by atoms with Crippen LogP contribution in [0.2, 0.25) is 0 Å². The monoisotopic (exact) mass is 419 g/mol. The molecule has 0 aromatic heterocycles. The highest BCUT2D eigenvalue weighted by Crippen LogP contribution is 2.42. The number of hydrogen-bond acceptors (Lipinski definition) is 8. The van der Waals surface area contributed by atoms with Crippen LogP contribution in [0, 0.1) is 0 Å². The Hall–Kier alpha value is -1.33. The van der Waals surface area contributed by atoms with Crippen LogP contribution in [-0.2, 0) is 19.2 Å². The Morgan fingerprint density at radius 1 is 1.43 bits per heavy atom. The van der Waals surface area contributed by atoms with Crippen molar-refractivity contribution in [1.29, 1.82) is 0 Å². The lowest BCUT2D eigenvalue weighted by Crippen LogP contribution is -2.55. The number of ether oxygens (including phenoxy) is 1. The summed E-state index contributed by atoms with van der Waals surface area (Å²) < 4.78 is 6.00. The van der Waals surface area contributed by atoms with E-state index in [1.54, 1.807) is 0 Å². The summed E-state index contributed by atoms with van der Waals surface area (Å²) in [5.74, 6) is -1.54. The number of carboxylic acids is 1. The molecule has 28 heavy (non-hydrogen) atoms. The zero-order valence-electron chi connectivity index (χ0n) is 16.3. The third-order valence-corrected chi connectivity index (χ3v) is 6.24. The Kier molecular flexibility index (Phi) is 7.74. The van der Waals surface area contributed by atoms with Gasteiger partial charge >= 0.3 is 5.97 Å². The molecule has 0 radical (unpaired) electrons. The fraction of sp³-hybridized carbons (Fsp3) is 0.778. The third kappa shape index (κ3) is 4.46. The van der Waals surface area contributed by atoms with Crippen LogP contribution >= 0.6 is 11.8 Å². The molecule has 2 rings (SSSR count). The summed E-state index contributed by atoms with van der Waals surface area (Å²) in [7, 11) is 1.31. The van der Waals surface area contributed by atoms with E-state index in [-0.39, 0.29) is 22.8 Å². The topological polar surface area (TPSA) is 137 Å². The van der Waals surface area contributed by atoms with Gasteiger partial charge in [-0.05, 0) is 19.8 Å². The normalized spacial score (nSPS) is 31.0. The summed E-state index contributed by atoms with van der Waals surface area (Å²) in [5, 5.41) is 40.8. The number of aliphatic hydroxyl groups is 3. The fourth-order valence-corrected chi connectivity index (χ4v) is 4.45. The van der Waals surface area contributed by atoms with E-state index in [9.17, 15) is 24.9 Å². The van der Waals surface area contributed by atoms with Crippen molar-refractivity contribution >= 4 is 23.6 Å². The molecule has 1 amide bonds. The number of amides is 1. The molecule has 5 atom stereocenters. The highest BCUT2D eigenvalue weighted by Gasteiger charge is 2.56. The first kappa shape index (κ1) is 23.0. The molecule has 2 heterocycles. The number of rotatable bonds is 10. The van der Waals surface area contributed by atoms with Crippen molar-refractivity contribution in [2.24, 2.45) is 0 Å². The summed E-state index contributed by atoms with van der Waals surface area (Å²) in [4.78, 5) is 28.6. The number of unbranched alkanes of at least 4 members (excludes halogenated alkanes) is 2. The van der Waals surface area contributed by atoms with Crippen LogP contribution < -0.4 is 0 Å². The van der Waals surface area contributed by atoms with Gasteiger partial charge in [0, 0.05) is 11.5 Å². The van der Waals surface area contributed by atoms with E-state index in [2.05, 4.69) is 6.92 Å². The first-order valence-electron chi connectivity index (χ1n) is 9.34. The van der Waals surface area contributed by atoms with E-state index in [1.165, 1.54) is 14.0 Å². The highest BCUT2D eigenvalue weighted by molar-refractivity contribution is 7.99. The van der Waals surface area contributed by atoms with Crippen molar-refractivity contribution in [3.05, 3.63) is 11.3 Å². The van der Waals surface area contributed by atoms with Crippen LogP contribution in [0.15, 0.2) is 11.3 Å². The third-order valence-electron chi connectivity index (χ3n) is 5.13. The van der Waals surface area contributed by atoms with Crippen molar-refractivity contribution in [2.75, 3.05) is 18.6 Å². The van der Waals surface area contributed by atoms with Crippen molar-refractivity contribution in [3.63, 3.8) is 0 Å². The predicted molar refractivity (Wildman–Crippen MR) is 101 cm³/mol. The molecule has 9 nitrogen and oxygen atoms in total. The molecule has 0 aromatic rings. The maximum absolute atomic E-state index is 12.7. The molecule has 1 unspecified atom stereocenters. The molecule has 2 aliphatic rings. The number of carboxylic acid groups (broad SMARTS) is 1. The van der Waals surface area contributed by atoms with Crippen LogP contribution in [-0.4, -0.2) is 85.9 Å². The molecule has 0 fully saturated rings. The van der Waals surface area contributed by atoms with E-state index in [4.69, 9.17) is 14.7 Å². The number of aliphatic hydroxyl groups excluding tert-OH is 2. The van der Waals surface area contributed by atoms with Crippen molar-refractivity contribution in [2.45, 2.75) is 69.5 Å². The second-order valence-electron chi connectivity index (χ2n) is 7.23. The smallest absolute Gasteiger partial charge is 0.333 e. The molecule has 0 aliphatic carbocycles. The fourth-order valence-electron chi connectivity index (χ4n) is 3.43. The summed E-state index contributed by atoms with van der Waals surface area (Å²) in [6.07, 6.45) is -0.360. The summed E-state index contributed by atoms with van der Waals surface area (Å²) >= 11 is 1.12. The molecule has 2 aliphatic heterocycles. The Balaban J connectivity index is 2.21. The van der Waals surface area contributed by atoms with Gasteiger partial charge in [-0.2, -0.15) is 11.8 Å². The standard InChI is InChI=1S/C18H29NO8S/c1-4-5-6-7-12-18(2,25)15(21)13-14(27-12)10(19(26-3)16(13)22)8-28-9-11(20)17(23)24/h10-12,15,20-21,25H,4-9H2,1-3H3,(H,23,24)/t10?,11-,12+,15+,18+/m1/s1. The molecular weight excluding hydrogens is 390 g/mol. The average Bonchev–Trinajstić information content (AvgIpc) is 2.90. The molecule has 0 spiro atoms. The maximum atomic E-state index is 12.7. The Bertz CT molecular complexity index is 623. The Morgan fingerprint density at radius 3 is 2.68 bits per heavy atom. The van der Waals surface area contributed by atoms with Gasteiger partial charge in [0.1, 0.15) is 29.6 Å². The summed E-state index contributed by atoms with van der Waals surface area (Å²) in [5.41, 5.74) is -1.66. The van der Waals surface area contributed by atoms with Crippen molar-refractivity contribution in [1.82, 2.24) is 5.06 Å². The molecule has 0 saturated carbocycles.